The monoisotopic (exact) mass is 487 g/mol. The molecule has 1 heterocycles. The normalized spacial score (nSPS) is 11.3. The standard InChI is InChI=1S/C23H25N3O7S/c1-14-23(24-15(2)27)21(33-25-14)10-7-16-6-9-20(32-5)22(12-16)34(28,29)26-18-13-17(30-3)8-11-19(18)31-4/h6-13,26H,1-5H3,(H,24,27)/b10-7-. The van der Waals surface area contributed by atoms with Crippen LogP contribution >= 0.6 is 0 Å². The van der Waals surface area contributed by atoms with Crippen molar-refractivity contribution in [3.8, 4) is 17.2 Å². The van der Waals surface area contributed by atoms with E-state index >= 15 is 0 Å². The second kappa shape index (κ2) is 10.3. The summed E-state index contributed by atoms with van der Waals surface area (Å²) in [5, 5.41) is 6.52. The minimum absolute atomic E-state index is 0.0853. The Hall–Kier alpha value is -3.99. The number of benzene rings is 2. The fourth-order valence-corrected chi connectivity index (χ4v) is 4.37. The van der Waals surface area contributed by atoms with Gasteiger partial charge in [0.05, 0.1) is 27.0 Å². The molecule has 10 nitrogen and oxygen atoms in total. The molecule has 0 atom stereocenters. The highest BCUT2D eigenvalue weighted by Crippen LogP contribution is 2.33. The van der Waals surface area contributed by atoms with Crippen LogP contribution in [0, 0.1) is 6.92 Å². The van der Waals surface area contributed by atoms with Crippen molar-refractivity contribution in [1.29, 1.82) is 0 Å². The van der Waals surface area contributed by atoms with E-state index in [1.165, 1.54) is 46.5 Å². The Morgan fingerprint density at radius 2 is 1.71 bits per heavy atom. The number of hydrogen-bond acceptors (Lipinski definition) is 8. The maximum absolute atomic E-state index is 13.3. The molecule has 3 rings (SSSR count). The van der Waals surface area contributed by atoms with Crippen LogP contribution in [-0.2, 0) is 14.8 Å². The highest BCUT2D eigenvalue weighted by molar-refractivity contribution is 7.92. The summed E-state index contributed by atoms with van der Waals surface area (Å²) in [6, 6.07) is 9.44. The SMILES string of the molecule is COc1ccc(OC)c(NS(=O)(=O)c2cc(/C=C\c3onc(C)c3NC(C)=O)ccc2OC)c1. The Morgan fingerprint density at radius 1 is 1.00 bits per heavy atom. The van der Waals surface area contributed by atoms with E-state index in [4.69, 9.17) is 18.7 Å². The Bertz CT molecular complexity index is 1330. The van der Waals surface area contributed by atoms with Crippen molar-refractivity contribution in [3.63, 3.8) is 0 Å². The molecular formula is C23H25N3O7S. The summed E-state index contributed by atoms with van der Waals surface area (Å²) < 4.78 is 50.0. The summed E-state index contributed by atoms with van der Waals surface area (Å²) in [6.45, 7) is 3.08. The van der Waals surface area contributed by atoms with E-state index < -0.39 is 10.0 Å². The van der Waals surface area contributed by atoms with Crippen molar-refractivity contribution in [2.45, 2.75) is 18.7 Å². The lowest BCUT2D eigenvalue weighted by molar-refractivity contribution is -0.114. The van der Waals surface area contributed by atoms with E-state index in [-0.39, 0.29) is 22.2 Å². The molecule has 0 radical (unpaired) electrons. The Labute approximate surface area is 197 Å². The number of ether oxygens (including phenoxy) is 3. The van der Waals surface area contributed by atoms with Gasteiger partial charge in [0.2, 0.25) is 5.91 Å². The molecule has 2 aromatic carbocycles. The lowest BCUT2D eigenvalue weighted by atomic mass is 10.2. The first-order valence-electron chi connectivity index (χ1n) is 10.0. The average Bonchev–Trinajstić information content (AvgIpc) is 3.15. The minimum Gasteiger partial charge on any atom is -0.497 e. The second-order valence-corrected chi connectivity index (χ2v) is 8.75. The molecular weight excluding hydrogens is 462 g/mol. The van der Waals surface area contributed by atoms with Crippen molar-refractivity contribution in [1.82, 2.24) is 5.16 Å². The van der Waals surface area contributed by atoms with Crippen molar-refractivity contribution in [3.05, 3.63) is 53.4 Å². The van der Waals surface area contributed by atoms with E-state index in [1.807, 2.05) is 0 Å². The summed E-state index contributed by atoms with van der Waals surface area (Å²) >= 11 is 0. The zero-order valence-corrected chi connectivity index (χ0v) is 20.1. The first kappa shape index (κ1) is 24.6. The first-order chi connectivity index (χ1) is 16.2. The van der Waals surface area contributed by atoms with Gasteiger partial charge in [-0.15, -0.1) is 0 Å². The Balaban J connectivity index is 1.97. The van der Waals surface area contributed by atoms with Gasteiger partial charge < -0.3 is 24.1 Å². The lowest BCUT2D eigenvalue weighted by Gasteiger charge is -2.15. The number of sulfonamides is 1. The predicted molar refractivity (Wildman–Crippen MR) is 128 cm³/mol. The van der Waals surface area contributed by atoms with Crippen LogP contribution < -0.4 is 24.2 Å². The molecule has 11 heteroatoms. The number of methoxy groups -OCH3 is 3. The van der Waals surface area contributed by atoms with Crippen LogP contribution in [-0.4, -0.2) is 40.8 Å². The number of aromatic nitrogens is 1. The molecule has 0 saturated carbocycles. The zero-order chi connectivity index (χ0) is 24.9. The molecule has 0 aliphatic rings. The largest absolute Gasteiger partial charge is 0.497 e. The van der Waals surface area contributed by atoms with Gasteiger partial charge in [-0.2, -0.15) is 0 Å². The van der Waals surface area contributed by atoms with Crippen LogP contribution in [0.25, 0.3) is 12.2 Å². The highest BCUT2D eigenvalue weighted by atomic mass is 32.2. The fourth-order valence-electron chi connectivity index (χ4n) is 3.10. The Morgan fingerprint density at radius 3 is 2.35 bits per heavy atom. The quantitative estimate of drug-likeness (QED) is 0.464. The van der Waals surface area contributed by atoms with Gasteiger partial charge in [-0.1, -0.05) is 17.3 Å². The summed E-state index contributed by atoms with van der Waals surface area (Å²) in [4.78, 5) is 11.4. The highest BCUT2D eigenvalue weighted by Gasteiger charge is 2.22. The van der Waals surface area contributed by atoms with Gasteiger partial charge in [0.15, 0.2) is 5.76 Å². The summed E-state index contributed by atoms with van der Waals surface area (Å²) in [7, 11) is 0.221. The van der Waals surface area contributed by atoms with Crippen LogP contribution in [0.2, 0.25) is 0 Å². The Kier molecular flexibility index (Phi) is 7.47. The number of hydrogen-bond donors (Lipinski definition) is 2. The molecule has 2 N–H and O–H groups in total. The van der Waals surface area contributed by atoms with Crippen LogP contribution in [0.3, 0.4) is 0 Å². The fraction of sp³-hybridized carbons (Fsp3) is 0.217. The first-order valence-corrected chi connectivity index (χ1v) is 11.5. The average molecular weight is 488 g/mol. The number of anilines is 2. The van der Waals surface area contributed by atoms with E-state index in [0.717, 1.165) is 0 Å². The number of carbonyl (C=O) groups excluding carboxylic acids is 1. The number of nitrogens with one attached hydrogen (secondary N) is 2. The smallest absolute Gasteiger partial charge is 0.265 e. The minimum atomic E-state index is -4.08. The molecule has 0 fully saturated rings. The molecule has 0 aliphatic carbocycles. The number of rotatable bonds is 9. The third kappa shape index (κ3) is 5.49. The van der Waals surface area contributed by atoms with E-state index in [2.05, 4.69) is 15.2 Å². The molecule has 0 aliphatic heterocycles. The number of aryl methyl sites for hydroxylation is 1. The topological polar surface area (TPSA) is 129 Å². The van der Waals surface area contributed by atoms with Crippen LogP contribution in [0.4, 0.5) is 11.4 Å². The number of nitrogens with zero attached hydrogens (tertiary/aromatic N) is 1. The number of carbonyl (C=O) groups is 1. The zero-order valence-electron chi connectivity index (χ0n) is 19.3. The molecule has 34 heavy (non-hydrogen) atoms. The molecule has 180 valence electrons. The third-order valence-electron chi connectivity index (χ3n) is 4.75. The predicted octanol–water partition coefficient (Wildman–Crippen LogP) is 3.94. The van der Waals surface area contributed by atoms with Crippen molar-refractivity contribution in [2.24, 2.45) is 0 Å². The third-order valence-corrected chi connectivity index (χ3v) is 6.13. The van der Waals surface area contributed by atoms with Gasteiger partial charge in [-0.25, -0.2) is 8.42 Å². The van der Waals surface area contributed by atoms with Crippen LogP contribution in [0.5, 0.6) is 17.2 Å². The molecule has 0 spiro atoms. The van der Waals surface area contributed by atoms with Crippen LogP contribution in [0.1, 0.15) is 23.9 Å². The van der Waals surface area contributed by atoms with Gasteiger partial charge in [-0.3, -0.25) is 9.52 Å². The van der Waals surface area contributed by atoms with Gasteiger partial charge >= 0.3 is 0 Å². The van der Waals surface area contributed by atoms with Gasteiger partial charge in [0.1, 0.15) is 33.5 Å². The maximum atomic E-state index is 13.3. The van der Waals surface area contributed by atoms with Crippen LogP contribution in [0.15, 0.2) is 45.8 Å². The molecule has 0 saturated heterocycles. The van der Waals surface area contributed by atoms with E-state index in [9.17, 15) is 13.2 Å². The van der Waals surface area contributed by atoms with E-state index in [0.29, 0.717) is 34.2 Å². The molecule has 0 bridgehead atoms. The van der Waals surface area contributed by atoms with Gasteiger partial charge in [0, 0.05) is 13.0 Å². The second-order valence-electron chi connectivity index (χ2n) is 7.10. The molecule has 0 unspecified atom stereocenters. The summed E-state index contributed by atoms with van der Waals surface area (Å²) in [6.07, 6.45) is 3.22. The van der Waals surface area contributed by atoms with Gasteiger partial charge in [-0.05, 0) is 42.8 Å². The van der Waals surface area contributed by atoms with Crippen molar-refractivity contribution < 1.29 is 31.9 Å². The number of amides is 1. The van der Waals surface area contributed by atoms with E-state index in [1.54, 1.807) is 37.3 Å². The van der Waals surface area contributed by atoms with Crippen molar-refractivity contribution >= 4 is 39.5 Å². The molecule has 1 amide bonds. The van der Waals surface area contributed by atoms with Crippen molar-refractivity contribution in [2.75, 3.05) is 31.4 Å². The molecule has 3 aromatic rings. The molecule has 1 aromatic heterocycles. The summed E-state index contributed by atoms with van der Waals surface area (Å²) in [5.41, 5.74) is 1.71. The van der Waals surface area contributed by atoms with Gasteiger partial charge in [0.25, 0.3) is 10.0 Å². The lowest BCUT2D eigenvalue weighted by Crippen LogP contribution is -2.15. The maximum Gasteiger partial charge on any atom is 0.265 e. The summed E-state index contributed by atoms with van der Waals surface area (Å²) in [5.74, 6) is 0.996.